The van der Waals surface area contributed by atoms with Crippen molar-refractivity contribution in [2.75, 3.05) is 7.11 Å². The SMILES string of the molecule is COc1cccnc1C(=O)C(F)F. The van der Waals surface area contributed by atoms with Gasteiger partial charge in [-0.15, -0.1) is 0 Å². The van der Waals surface area contributed by atoms with Gasteiger partial charge in [-0.2, -0.15) is 0 Å². The largest absolute Gasteiger partial charge is 0.494 e. The third-order valence-corrected chi connectivity index (χ3v) is 1.42. The summed E-state index contributed by atoms with van der Waals surface area (Å²) in [5.74, 6) is -1.26. The second kappa shape index (κ2) is 3.93. The lowest BCUT2D eigenvalue weighted by Crippen LogP contribution is -2.13. The molecule has 1 aromatic heterocycles. The molecule has 0 unspecified atom stereocenters. The molecule has 0 bridgehead atoms. The van der Waals surface area contributed by atoms with Crippen LogP contribution in [-0.4, -0.2) is 24.3 Å². The molecule has 0 radical (unpaired) electrons. The molecule has 3 nitrogen and oxygen atoms in total. The highest BCUT2D eigenvalue weighted by Crippen LogP contribution is 2.17. The fraction of sp³-hybridized carbons (Fsp3) is 0.250. The van der Waals surface area contributed by atoms with E-state index < -0.39 is 12.2 Å². The number of carbonyl (C=O) groups is 1. The quantitative estimate of drug-likeness (QED) is 0.673. The van der Waals surface area contributed by atoms with E-state index in [1.54, 1.807) is 0 Å². The van der Waals surface area contributed by atoms with Crippen LogP contribution in [0.1, 0.15) is 10.5 Å². The molecule has 0 amide bonds. The van der Waals surface area contributed by atoms with E-state index in [1.165, 1.54) is 25.4 Å². The van der Waals surface area contributed by atoms with Crippen LogP contribution in [0.15, 0.2) is 18.3 Å². The first-order chi connectivity index (χ1) is 6.16. The maximum absolute atomic E-state index is 12.0. The Balaban J connectivity index is 3.06. The van der Waals surface area contributed by atoms with E-state index >= 15 is 0 Å². The van der Waals surface area contributed by atoms with Crippen molar-refractivity contribution in [3.8, 4) is 5.75 Å². The summed E-state index contributed by atoms with van der Waals surface area (Å²) in [4.78, 5) is 14.3. The molecule has 0 aliphatic heterocycles. The summed E-state index contributed by atoms with van der Waals surface area (Å²) in [6, 6.07) is 2.91. The van der Waals surface area contributed by atoms with E-state index in [4.69, 9.17) is 4.74 Å². The number of ketones is 1. The van der Waals surface area contributed by atoms with Crippen LogP contribution in [0.3, 0.4) is 0 Å². The average molecular weight is 187 g/mol. The van der Waals surface area contributed by atoms with E-state index in [-0.39, 0.29) is 11.4 Å². The molecule has 1 aromatic rings. The van der Waals surface area contributed by atoms with Crippen LogP contribution >= 0.6 is 0 Å². The van der Waals surface area contributed by atoms with E-state index in [0.29, 0.717) is 0 Å². The highest BCUT2D eigenvalue weighted by molar-refractivity contribution is 5.98. The number of alkyl halides is 2. The van der Waals surface area contributed by atoms with Gasteiger partial charge in [0.15, 0.2) is 5.69 Å². The molecule has 0 saturated heterocycles. The van der Waals surface area contributed by atoms with Crippen LogP contribution in [0.25, 0.3) is 0 Å². The van der Waals surface area contributed by atoms with Crippen molar-refractivity contribution < 1.29 is 18.3 Å². The van der Waals surface area contributed by atoms with E-state index in [1.807, 2.05) is 0 Å². The number of carbonyl (C=O) groups excluding carboxylic acids is 1. The molecule has 0 aromatic carbocycles. The molecule has 0 saturated carbocycles. The number of Topliss-reactive ketones (excluding diaryl/α,β-unsaturated/α-hetero) is 1. The predicted octanol–water partition coefficient (Wildman–Crippen LogP) is 1.54. The van der Waals surface area contributed by atoms with Crippen LogP contribution in [0.5, 0.6) is 5.75 Å². The van der Waals surface area contributed by atoms with Gasteiger partial charge in [-0.1, -0.05) is 0 Å². The summed E-state index contributed by atoms with van der Waals surface area (Å²) in [6.45, 7) is 0. The fourth-order valence-corrected chi connectivity index (χ4v) is 0.844. The molecule has 0 fully saturated rings. The molecule has 0 aliphatic carbocycles. The number of nitrogens with zero attached hydrogens (tertiary/aromatic N) is 1. The number of hydrogen-bond donors (Lipinski definition) is 0. The van der Waals surface area contributed by atoms with E-state index in [0.717, 1.165) is 0 Å². The van der Waals surface area contributed by atoms with Crippen molar-refractivity contribution >= 4 is 5.78 Å². The van der Waals surface area contributed by atoms with Crippen LogP contribution in [0, 0.1) is 0 Å². The van der Waals surface area contributed by atoms with Gasteiger partial charge in [-0.05, 0) is 12.1 Å². The fourth-order valence-electron chi connectivity index (χ4n) is 0.844. The summed E-state index contributed by atoms with van der Waals surface area (Å²) < 4.78 is 28.7. The zero-order valence-electron chi connectivity index (χ0n) is 6.83. The van der Waals surface area contributed by atoms with Crippen molar-refractivity contribution in [2.24, 2.45) is 0 Å². The van der Waals surface area contributed by atoms with Gasteiger partial charge in [0.2, 0.25) is 0 Å². The lowest BCUT2D eigenvalue weighted by molar-refractivity contribution is 0.0669. The number of halogens is 2. The number of ether oxygens (including phenoxy) is 1. The third kappa shape index (κ3) is 1.99. The Morgan fingerprint density at radius 3 is 2.85 bits per heavy atom. The van der Waals surface area contributed by atoms with Crippen LogP contribution in [0.2, 0.25) is 0 Å². The molecule has 0 spiro atoms. The smallest absolute Gasteiger partial charge is 0.302 e. The van der Waals surface area contributed by atoms with Gasteiger partial charge in [-0.25, -0.2) is 13.8 Å². The first-order valence-electron chi connectivity index (χ1n) is 3.48. The van der Waals surface area contributed by atoms with E-state index in [9.17, 15) is 13.6 Å². The topological polar surface area (TPSA) is 39.2 Å². The number of aromatic nitrogens is 1. The Labute approximate surface area is 73.4 Å². The molecule has 0 N–H and O–H groups in total. The number of methoxy groups -OCH3 is 1. The Hall–Kier alpha value is -1.52. The van der Waals surface area contributed by atoms with Gasteiger partial charge < -0.3 is 4.74 Å². The van der Waals surface area contributed by atoms with Crippen molar-refractivity contribution in [1.82, 2.24) is 4.98 Å². The number of pyridine rings is 1. The molecule has 13 heavy (non-hydrogen) atoms. The van der Waals surface area contributed by atoms with Crippen molar-refractivity contribution in [2.45, 2.75) is 6.43 Å². The Morgan fingerprint density at radius 2 is 2.31 bits per heavy atom. The summed E-state index contributed by atoms with van der Waals surface area (Å²) in [5, 5.41) is 0. The summed E-state index contributed by atoms with van der Waals surface area (Å²) >= 11 is 0. The summed E-state index contributed by atoms with van der Waals surface area (Å²) in [6.07, 6.45) is -1.79. The molecule has 1 heterocycles. The summed E-state index contributed by atoms with van der Waals surface area (Å²) in [7, 11) is 1.29. The molecular weight excluding hydrogens is 180 g/mol. The van der Waals surface area contributed by atoms with Gasteiger partial charge in [-0.3, -0.25) is 4.79 Å². The molecule has 0 aliphatic rings. The monoisotopic (exact) mass is 187 g/mol. The lowest BCUT2D eigenvalue weighted by Gasteiger charge is -2.04. The minimum atomic E-state index is -3.05. The van der Waals surface area contributed by atoms with Gasteiger partial charge in [0.1, 0.15) is 5.75 Å². The zero-order valence-corrected chi connectivity index (χ0v) is 6.83. The standard InChI is InChI=1S/C8H7F2NO2/c1-13-5-3-2-4-11-6(5)7(12)8(9)10/h2-4,8H,1H3. The molecule has 5 heteroatoms. The minimum Gasteiger partial charge on any atom is -0.494 e. The van der Waals surface area contributed by atoms with Gasteiger partial charge >= 0.3 is 6.43 Å². The first kappa shape index (κ1) is 9.57. The number of hydrogen-bond acceptors (Lipinski definition) is 3. The maximum atomic E-state index is 12.0. The Kier molecular flexibility index (Phi) is 2.89. The highest BCUT2D eigenvalue weighted by atomic mass is 19.3. The Morgan fingerprint density at radius 1 is 1.62 bits per heavy atom. The molecule has 70 valence electrons. The van der Waals surface area contributed by atoms with Crippen LogP contribution in [-0.2, 0) is 0 Å². The second-order valence-electron chi connectivity index (χ2n) is 2.22. The third-order valence-electron chi connectivity index (χ3n) is 1.42. The number of rotatable bonds is 3. The molecule has 0 atom stereocenters. The summed E-state index contributed by atoms with van der Waals surface area (Å²) in [5.41, 5.74) is -0.333. The van der Waals surface area contributed by atoms with Gasteiger partial charge in [0.25, 0.3) is 5.78 Å². The van der Waals surface area contributed by atoms with E-state index in [2.05, 4.69) is 4.98 Å². The maximum Gasteiger partial charge on any atom is 0.302 e. The molecular formula is C8H7F2NO2. The van der Waals surface area contributed by atoms with Crippen molar-refractivity contribution in [3.63, 3.8) is 0 Å². The average Bonchev–Trinajstić information content (AvgIpc) is 2.16. The first-order valence-corrected chi connectivity index (χ1v) is 3.48. The zero-order chi connectivity index (χ0) is 9.84. The van der Waals surface area contributed by atoms with Gasteiger partial charge in [0.05, 0.1) is 7.11 Å². The normalized spacial score (nSPS) is 10.2. The lowest BCUT2D eigenvalue weighted by atomic mass is 10.2. The Bertz CT molecular complexity index is 315. The predicted molar refractivity (Wildman–Crippen MR) is 41.1 cm³/mol. The van der Waals surface area contributed by atoms with Crippen LogP contribution in [0.4, 0.5) is 8.78 Å². The van der Waals surface area contributed by atoms with Crippen molar-refractivity contribution in [3.05, 3.63) is 24.0 Å². The van der Waals surface area contributed by atoms with Gasteiger partial charge in [0, 0.05) is 6.20 Å². The highest BCUT2D eigenvalue weighted by Gasteiger charge is 2.22. The molecule has 1 rings (SSSR count). The van der Waals surface area contributed by atoms with Crippen LogP contribution < -0.4 is 4.74 Å². The minimum absolute atomic E-state index is 0.0628. The van der Waals surface area contributed by atoms with Crippen molar-refractivity contribution in [1.29, 1.82) is 0 Å². The second-order valence-corrected chi connectivity index (χ2v) is 2.22.